The highest BCUT2D eigenvalue weighted by Gasteiger charge is 2.50. The summed E-state index contributed by atoms with van der Waals surface area (Å²) in [4.78, 5) is 88.2. The van der Waals surface area contributed by atoms with Crippen LogP contribution in [0.2, 0.25) is 0 Å². The van der Waals surface area contributed by atoms with Crippen molar-refractivity contribution in [1.29, 1.82) is 0 Å². The van der Waals surface area contributed by atoms with Crippen LogP contribution in [0.15, 0.2) is 24.8 Å². The van der Waals surface area contributed by atoms with E-state index in [1.54, 1.807) is 0 Å². The Hall–Kier alpha value is -2.70. The molecule has 65 heavy (non-hydrogen) atoms. The fourth-order valence-corrected chi connectivity index (χ4v) is 9.90. The van der Waals surface area contributed by atoms with Gasteiger partial charge >= 0.3 is 23.5 Å². The number of anilines is 1. The largest absolute Gasteiger partial charge is 0.481 e. The van der Waals surface area contributed by atoms with Gasteiger partial charge in [0, 0.05) is 37.1 Å². The zero-order valence-corrected chi connectivity index (χ0v) is 40.2. The Morgan fingerprint density at radius 3 is 2.25 bits per heavy atom. The molecule has 2 amide bonds. The first-order valence-electron chi connectivity index (χ1n) is 21.3. The number of carbonyl (C=O) groups excluding carboxylic acids is 3. The number of aliphatic hydroxyl groups is 2. The lowest BCUT2D eigenvalue weighted by molar-refractivity contribution is -0.137. The number of hydrogen-bond donors (Lipinski definition) is 9. The highest BCUT2D eigenvalue weighted by atomic mass is 32.2. The Kier molecular flexibility index (Phi) is 23.8. The number of carbonyl (C=O) groups is 3. The molecule has 10 N–H and O–H groups in total. The van der Waals surface area contributed by atoms with Crippen LogP contribution in [-0.4, -0.2) is 123 Å². The topological polar surface area (TPSA) is 364 Å². The molecule has 370 valence electrons. The number of nitrogens with two attached hydrogens (primary N) is 1. The summed E-state index contributed by atoms with van der Waals surface area (Å²) in [5, 5.41) is 26.6. The summed E-state index contributed by atoms with van der Waals surface area (Å²) in [6.45, 7) is 2.77. The minimum absolute atomic E-state index is 0.0327. The van der Waals surface area contributed by atoms with Crippen LogP contribution < -0.4 is 16.4 Å². The molecule has 0 radical (unpaired) electrons. The van der Waals surface area contributed by atoms with E-state index in [0.29, 0.717) is 12.2 Å². The van der Waals surface area contributed by atoms with E-state index in [2.05, 4.69) is 53.5 Å². The number of nitrogens with one attached hydrogen (secondary N) is 2. The van der Waals surface area contributed by atoms with E-state index < -0.39 is 84.6 Å². The number of thioether (sulfide) groups is 1. The van der Waals surface area contributed by atoms with Crippen LogP contribution in [-0.2, 0) is 50.7 Å². The Morgan fingerprint density at radius 1 is 0.923 bits per heavy atom. The van der Waals surface area contributed by atoms with Crippen molar-refractivity contribution in [3.05, 3.63) is 24.8 Å². The normalized spacial score (nSPS) is 20.4. The van der Waals surface area contributed by atoms with Crippen LogP contribution in [0, 0.1) is 5.41 Å². The molecule has 28 heteroatoms. The van der Waals surface area contributed by atoms with Crippen molar-refractivity contribution in [3.8, 4) is 0 Å². The number of rotatable bonds is 32. The first kappa shape index (κ1) is 56.6. The molecule has 2 aromatic rings. The van der Waals surface area contributed by atoms with Crippen molar-refractivity contribution in [1.82, 2.24) is 30.2 Å². The number of allylic oxidation sites excluding steroid dienone is 2. The lowest BCUT2D eigenvalue weighted by atomic mass is 9.87. The lowest BCUT2D eigenvalue weighted by Gasteiger charge is -2.30. The number of unbranched alkanes of at least 4 members (excludes halogenated alkanes) is 9. The Bertz CT molecular complexity index is 2010. The van der Waals surface area contributed by atoms with E-state index >= 15 is 0 Å². The Balaban J connectivity index is 1.33. The predicted octanol–water partition coefficient (Wildman–Crippen LogP) is 3.92. The molecule has 1 aliphatic heterocycles. The van der Waals surface area contributed by atoms with Gasteiger partial charge in [0.1, 0.15) is 36.3 Å². The molecule has 2 unspecified atom stereocenters. The first-order valence-corrected chi connectivity index (χ1v) is 26.8. The van der Waals surface area contributed by atoms with Gasteiger partial charge in [-0.25, -0.2) is 28.6 Å². The first-order chi connectivity index (χ1) is 30.6. The maximum Gasteiger partial charge on any atom is 0.481 e. The van der Waals surface area contributed by atoms with Crippen molar-refractivity contribution >= 4 is 69.1 Å². The highest BCUT2D eigenvalue weighted by Crippen LogP contribution is 2.61. The molecule has 2 aromatic heterocycles. The summed E-state index contributed by atoms with van der Waals surface area (Å²) in [5.74, 6) is -1.04. The number of aromatic nitrogens is 4. The van der Waals surface area contributed by atoms with Gasteiger partial charge in [-0.2, -0.15) is 4.31 Å². The van der Waals surface area contributed by atoms with Crippen molar-refractivity contribution in [2.75, 3.05) is 37.8 Å². The summed E-state index contributed by atoms with van der Waals surface area (Å²) in [5.41, 5.74) is 4.28. The molecule has 0 aromatic carbocycles. The summed E-state index contributed by atoms with van der Waals surface area (Å²) in [7, 11) is -16.4. The Morgan fingerprint density at radius 2 is 1.57 bits per heavy atom. The second kappa shape index (κ2) is 27.3. The summed E-state index contributed by atoms with van der Waals surface area (Å²) >= 11 is 1.14. The van der Waals surface area contributed by atoms with Gasteiger partial charge in [-0.05, 0) is 32.1 Å². The molecule has 0 aliphatic carbocycles. The van der Waals surface area contributed by atoms with Gasteiger partial charge < -0.3 is 50.9 Å². The van der Waals surface area contributed by atoms with Crippen LogP contribution >= 0.6 is 35.2 Å². The Labute approximate surface area is 381 Å². The van der Waals surface area contributed by atoms with E-state index in [0.717, 1.165) is 61.1 Å². The summed E-state index contributed by atoms with van der Waals surface area (Å²) in [6, 6.07) is 0. The number of nitrogens with zero attached hydrogens (tertiary/aromatic N) is 4. The fraction of sp³-hybridized carbons (Fsp3) is 0.730. The number of aliphatic hydroxyl groups excluding tert-OH is 2. The lowest BCUT2D eigenvalue weighted by Crippen LogP contribution is -2.46. The predicted molar refractivity (Wildman–Crippen MR) is 237 cm³/mol. The van der Waals surface area contributed by atoms with Crippen LogP contribution in [0.3, 0.4) is 0 Å². The fourth-order valence-electron chi connectivity index (χ4n) is 6.35. The van der Waals surface area contributed by atoms with Gasteiger partial charge in [-0.3, -0.25) is 32.5 Å². The quantitative estimate of drug-likeness (QED) is 0.0285. The van der Waals surface area contributed by atoms with Crippen molar-refractivity contribution in [2.24, 2.45) is 5.41 Å². The van der Waals surface area contributed by atoms with E-state index in [9.17, 15) is 57.9 Å². The molecule has 3 heterocycles. The average molecular weight is 1000 g/mol. The summed E-state index contributed by atoms with van der Waals surface area (Å²) < 4.78 is 62.4. The number of nitrogen functional groups attached to an aromatic ring is 1. The zero-order chi connectivity index (χ0) is 48.3. The number of phosphoric ester groups is 3. The SMILES string of the molecule is CCCCCCCC/C=C\CCCCCC(=O)SCCNC(=O)CCNC(=O)[C@H](O)C(C)(C)COP(=O)(O)OP(=O)(O)OC[C@H]1O[C@@H](n2cnc3c(N)ncnc32)[C@H](O)[C@@H]1OP(=O)(O)O. The highest BCUT2D eigenvalue weighted by molar-refractivity contribution is 8.13. The standard InChI is InChI=1S/C37H64N7O17P3S/c1-4-5-6-7-8-9-10-11-12-13-14-15-16-17-28(46)65-21-20-39-27(45)18-19-40-35(49)32(48)37(2,3)23-58-64(55,56)61-63(53,54)57-22-26-31(60-62(50,51)52)30(47)36(59-26)44-25-43-29-33(38)41-24-42-34(29)44/h11-12,24-26,30-32,36,47-48H,4-10,13-23H2,1-3H3,(H,39,45)(H,40,49)(H,53,54)(H,55,56)(H2,38,41,42)(H2,50,51,52)/b12-11-/t26-,30-,31-,32+,36-/m1/s1. The number of imidazole rings is 1. The minimum atomic E-state index is -5.57. The third kappa shape index (κ3) is 20.6. The number of ether oxygens (including phenoxy) is 1. The van der Waals surface area contributed by atoms with E-state index in [1.165, 1.54) is 52.4 Å². The third-order valence-electron chi connectivity index (χ3n) is 9.91. The van der Waals surface area contributed by atoms with Crippen LogP contribution in [0.5, 0.6) is 0 Å². The van der Waals surface area contributed by atoms with Gasteiger partial charge in [-0.15, -0.1) is 0 Å². The maximum atomic E-state index is 12.7. The smallest absolute Gasteiger partial charge is 0.386 e. The second-order valence-electron chi connectivity index (χ2n) is 15.9. The number of hydrogen-bond acceptors (Lipinski definition) is 18. The van der Waals surface area contributed by atoms with Crippen LogP contribution in [0.4, 0.5) is 5.82 Å². The number of phosphoric acid groups is 3. The molecule has 0 saturated carbocycles. The molecule has 1 fully saturated rings. The average Bonchev–Trinajstić information content (AvgIpc) is 3.79. The van der Waals surface area contributed by atoms with Gasteiger partial charge in [0.15, 0.2) is 22.8 Å². The van der Waals surface area contributed by atoms with E-state index in [4.69, 9.17) is 19.5 Å². The van der Waals surface area contributed by atoms with Gasteiger partial charge in [0.25, 0.3) is 0 Å². The number of amides is 2. The molecular weight excluding hydrogens is 939 g/mol. The molecule has 1 aliphatic rings. The molecule has 1 saturated heterocycles. The van der Waals surface area contributed by atoms with Crippen LogP contribution in [0.1, 0.15) is 110 Å². The maximum absolute atomic E-state index is 12.7. The van der Waals surface area contributed by atoms with Crippen LogP contribution in [0.25, 0.3) is 11.2 Å². The van der Waals surface area contributed by atoms with Gasteiger partial charge in [0.05, 0.1) is 19.5 Å². The zero-order valence-electron chi connectivity index (χ0n) is 36.7. The number of fused-ring (bicyclic) bond motifs is 1. The van der Waals surface area contributed by atoms with Gasteiger partial charge in [0.2, 0.25) is 11.8 Å². The molecule has 24 nitrogen and oxygen atoms in total. The van der Waals surface area contributed by atoms with Crippen molar-refractivity contribution in [3.63, 3.8) is 0 Å². The molecule has 0 spiro atoms. The molecular formula is C37H64N7O17P3S. The van der Waals surface area contributed by atoms with E-state index in [1.807, 2.05) is 0 Å². The van der Waals surface area contributed by atoms with E-state index in [-0.39, 0.29) is 41.6 Å². The third-order valence-corrected chi connectivity index (χ3v) is 13.9. The van der Waals surface area contributed by atoms with Crippen molar-refractivity contribution in [2.45, 2.75) is 135 Å². The summed E-state index contributed by atoms with van der Waals surface area (Å²) in [6.07, 6.45) is 10.7. The second-order valence-corrected chi connectivity index (χ2v) is 21.3. The molecule has 7 atom stereocenters. The minimum Gasteiger partial charge on any atom is -0.386 e. The van der Waals surface area contributed by atoms with Crippen molar-refractivity contribution < 1.29 is 80.5 Å². The monoisotopic (exact) mass is 1000 g/mol. The van der Waals surface area contributed by atoms with Gasteiger partial charge in [-0.1, -0.05) is 83.2 Å². The molecule has 0 bridgehead atoms. The molecule has 3 rings (SSSR count).